The van der Waals surface area contributed by atoms with Gasteiger partial charge in [-0.2, -0.15) is 13.2 Å². The maximum Gasteiger partial charge on any atom is 0.428 e. The Balaban J connectivity index is 2.06. The molecule has 0 aromatic heterocycles. The molecule has 0 aliphatic carbocycles. The second kappa shape index (κ2) is 7.87. The number of amides is 1. The molecule has 0 radical (unpaired) electrons. The van der Waals surface area contributed by atoms with E-state index in [0.717, 1.165) is 18.2 Å². The van der Waals surface area contributed by atoms with E-state index >= 15 is 0 Å². The van der Waals surface area contributed by atoms with Gasteiger partial charge in [0.1, 0.15) is 6.73 Å². The topological polar surface area (TPSA) is 70.6 Å². The number of hydroxylamine groups is 1. The highest BCUT2D eigenvalue weighted by molar-refractivity contribution is 6.34. The lowest BCUT2D eigenvalue weighted by molar-refractivity contribution is -0.269. The van der Waals surface area contributed by atoms with E-state index in [1.54, 1.807) is 6.92 Å². The summed E-state index contributed by atoms with van der Waals surface area (Å²) in [5, 5.41) is 11.1. The number of aliphatic hydroxyl groups excluding tert-OH is 1. The van der Waals surface area contributed by atoms with E-state index in [1.165, 1.54) is 24.3 Å². The SMILES string of the molecule is Cc1cc(C2=CC(c3cc(Cl)cc(Cl)c3)(C(F)(F)F)ON2)ccc1C(=O)NCO. The number of rotatable bonds is 4. The van der Waals surface area contributed by atoms with Crippen molar-refractivity contribution in [1.29, 1.82) is 0 Å². The number of hydrogen-bond acceptors (Lipinski definition) is 4. The third-order valence-electron chi connectivity index (χ3n) is 4.40. The highest BCUT2D eigenvalue weighted by atomic mass is 35.5. The molecule has 0 saturated heterocycles. The van der Waals surface area contributed by atoms with E-state index in [-0.39, 0.29) is 26.9 Å². The Morgan fingerprint density at radius 1 is 1.21 bits per heavy atom. The highest BCUT2D eigenvalue weighted by Gasteiger charge is 2.59. The van der Waals surface area contributed by atoms with Crippen LogP contribution in [0.15, 0.2) is 42.5 Å². The third-order valence-corrected chi connectivity index (χ3v) is 4.84. The monoisotopic (exact) mass is 446 g/mol. The standard InChI is InChI=1S/C19H15Cl2F3N2O3/c1-10-4-11(2-3-15(10)17(28)25-9-27)16-8-18(29-26-16,19(22,23)24)12-5-13(20)7-14(21)6-12/h2-8,26-27H,9H2,1H3,(H,25,28). The molecular weight excluding hydrogens is 432 g/mol. The minimum absolute atomic E-state index is 0.0386. The van der Waals surface area contributed by atoms with Crippen molar-refractivity contribution in [3.8, 4) is 0 Å². The van der Waals surface area contributed by atoms with Crippen LogP contribution in [0, 0.1) is 6.92 Å². The van der Waals surface area contributed by atoms with Crippen molar-refractivity contribution < 1.29 is 27.9 Å². The van der Waals surface area contributed by atoms with Crippen LogP contribution in [-0.2, 0) is 10.4 Å². The number of carbonyl (C=O) groups is 1. The molecule has 1 unspecified atom stereocenters. The Hall–Kier alpha value is -2.26. The molecule has 3 rings (SSSR count). The zero-order valence-electron chi connectivity index (χ0n) is 14.9. The Morgan fingerprint density at radius 3 is 2.41 bits per heavy atom. The molecule has 2 aromatic carbocycles. The molecular formula is C19H15Cl2F3N2O3. The number of nitrogens with one attached hydrogen (secondary N) is 2. The lowest BCUT2D eigenvalue weighted by Crippen LogP contribution is -2.42. The van der Waals surface area contributed by atoms with E-state index in [2.05, 4.69) is 10.8 Å². The molecule has 0 saturated carbocycles. The summed E-state index contributed by atoms with van der Waals surface area (Å²) in [4.78, 5) is 16.9. The van der Waals surface area contributed by atoms with Crippen molar-refractivity contribution in [3.05, 3.63) is 74.8 Å². The lowest BCUT2D eigenvalue weighted by atomic mass is 9.91. The van der Waals surface area contributed by atoms with Crippen molar-refractivity contribution in [2.24, 2.45) is 0 Å². The molecule has 154 valence electrons. The van der Waals surface area contributed by atoms with E-state index in [9.17, 15) is 18.0 Å². The summed E-state index contributed by atoms with van der Waals surface area (Å²) < 4.78 is 42.0. The number of aliphatic hydroxyl groups is 1. The molecule has 0 fully saturated rings. The first-order valence-electron chi connectivity index (χ1n) is 8.27. The molecule has 1 aliphatic heterocycles. The summed E-state index contributed by atoms with van der Waals surface area (Å²) in [5.41, 5.74) is 0.484. The fourth-order valence-electron chi connectivity index (χ4n) is 3.01. The van der Waals surface area contributed by atoms with Crippen LogP contribution < -0.4 is 10.8 Å². The molecule has 1 aliphatic rings. The molecule has 1 atom stereocenters. The summed E-state index contributed by atoms with van der Waals surface area (Å²) in [6, 6.07) is 8.04. The molecule has 2 aromatic rings. The minimum atomic E-state index is -4.81. The molecule has 3 N–H and O–H groups in total. The van der Waals surface area contributed by atoms with Crippen LogP contribution in [-0.4, -0.2) is 23.9 Å². The second-order valence-corrected chi connectivity index (χ2v) is 7.22. The third kappa shape index (κ3) is 4.06. The first-order valence-corrected chi connectivity index (χ1v) is 9.03. The van der Waals surface area contributed by atoms with E-state index in [1.807, 2.05) is 0 Å². The van der Waals surface area contributed by atoms with Gasteiger partial charge in [-0.1, -0.05) is 29.3 Å². The average Bonchev–Trinajstić information content (AvgIpc) is 3.07. The normalized spacial score (nSPS) is 18.9. The van der Waals surface area contributed by atoms with E-state index in [4.69, 9.17) is 33.1 Å². The Morgan fingerprint density at radius 2 is 1.86 bits per heavy atom. The van der Waals surface area contributed by atoms with Crippen LogP contribution in [0.2, 0.25) is 10.0 Å². The first-order chi connectivity index (χ1) is 13.6. The van der Waals surface area contributed by atoms with Crippen molar-refractivity contribution in [3.63, 3.8) is 0 Å². The maximum absolute atomic E-state index is 14.0. The number of hydrogen-bond donors (Lipinski definition) is 3. The Kier molecular flexibility index (Phi) is 5.82. The first kappa shape index (κ1) is 21.4. The maximum atomic E-state index is 14.0. The number of alkyl halides is 3. The van der Waals surface area contributed by atoms with Gasteiger partial charge in [-0.25, -0.2) is 0 Å². The molecule has 10 heteroatoms. The molecule has 0 bridgehead atoms. The smallest absolute Gasteiger partial charge is 0.376 e. The summed E-state index contributed by atoms with van der Waals surface area (Å²) in [7, 11) is 0. The van der Waals surface area contributed by atoms with E-state index < -0.39 is 24.4 Å². The van der Waals surface area contributed by atoms with Crippen LogP contribution in [0.4, 0.5) is 13.2 Å². The molecule has 1 amide bonds. The number of halogens is 5. The van der Waals surface area contributed by atoms with Crippen LogP contribution in [0.1, 0.15) is 27.0 Å². The van der Waals surface area contributed by atoms with Gasteiger partial charge < -0.3 is 10.4 Å². The van der Waals surface area contributed by atoms with Crippen molar-refractivity contribution >= 4 is 34.8 Å². The number of carbonyl (C=O) groups excluding carboxylic acids is 1. The van der Waals surface area contributed by atoms with Gasteiger partial charge in [-0.15, -0.1) is 0 Å². The fourth-order valence-corrected chi connectivity index (χ4v) is 3.53. The van der Waals surface area contributed by atoms with Gasteiger partial charge in [0, 0.05) is 21.2 Å². The quantitative estimate of drug-likeness (QED) is 0.611. The van der Waals surface area contributed by atoms with Crippen LogP contribution >= 0.6 is 23.2 Å². The fraction of sp³-hybridized carbons (Fsp3) is 0.211. The summed E-state index contributed by atoms with van der Waals surface area (Å²) in [6.45, 7) is 1.09. The Labute approximate surface area is 174 Å². The van der Waals surface area contributed by atoms with Gasteiger partial charge in [-0.3, -0.25) is 15.1 Å². The zero-order chi connectivity index (χ0) is 21.4. The van der Waals surface area contributed by atoms with Crippen LogP contribution in [0.5, 0.6) is 0 Å². The largest absolute Gasteiger partial charge is 0.428 e. The van der Waals surface area contributed by atoms with Crippen LogP contribution in [0.25, 0.3) is 5.70 Å². The second-order valence-electron chi connectivity index (χ2n) is 6.35. The zero-order valence-corrected chi connectivity index (χ0v) is 16.4. The van der Waals surface area contributed by atoms with Crippen molar-refractivity contribution in [1.82, 2.24) is 10.8 Å². The van der Waals surface area contributed by atoms with Crippen LogP contribution in [0.3, 0.4) is 0 Å². The molecule has 1 heterocycles. The lowest BCUT2D eigenvalue weighted by Gasteiger charge is -2.28. The van der Waals surface area contributed by atoms with Gasteiger partial charge >= 0.3 is 6.18 Å². The molecule has 29 heavy (non-hydrogen) atoms. The highest BCUT2D eigenvalue weighted by Crippen LogP contribution is 2.48. The number of aryl methyl sites for hydroxylation is 1. The van der Waals surface area contributed by atoms with Crippen molar-refractivity contribution in [2.75, 3.05) is 6.73 Å². The molecule has 0 spiro atoms. The van der Waals surface area contributed by atoms with Gasteiger partial charge in [-0.05, 0) is 54.5 Å². The summed E-state index contributed by atoms with van der Waals surface area (Å²) in [6.07, 6.45) is -3.91. The minimum Gasteiger partial charge on any atom is -0.376 e. The van der Waals surface area contributed by atoms with E-state index in [0.29, 0.717) is 11.1 Å². The summed E-state index contributed by atoms with van der Waals surface area (Å²) >= 11 is 11.8. The number of benzene rings is 2. The molecule has 5 nitrogen and oxygen atoms in total. The van der Waals surface area contributed by atoms with Gasteiger partial charge in [0.2, 0.25) is 5.60 Å². The van der Waals surface area contributed by atoms with Gasteiger partial charge in [0.15, 0.2) is 0 Å². The predicted octanol–water partition coefficient (Wildman–Crippen LogP) is 4.31. The van der Waals surface area contributed by atoms with Gasteiger partial charge in [0.05, 0.1) is 5.70 Å². The summed E-state index contributed by atoms with van der Waals surface area (Å²) in [5.74, 6) is -0.501. The predicted molar refractivity (Wildman–Crippen MR) is 102 cm³/mol. The van der Waals surface area contributed by atoms with Gasteiger partial charge in [0.25, 0.3) is 5.91 Å². The average molecular weight is 447 g/mol. The van der Waals surface area contributed by atoms with Crippen molar-refractivity contribution in [2.45, 2.75) is 18.7 Å². The Bertz CT molecular complexity index is 975.